The minimum absolute atomic E-state index is 0.144. The number of pyridine rings is 1. The topological polar surface area (TPSA) is 39.2 Å². The van der Waals surface area contributed by atoms with Crippen LogP contribution < -0.4 is 4.74 Å². The molecule has 1 rings (SSSR count). The summed E-state index contributed by atoms with van der Waals surface area (Å²) in [6, 6.07) is 2.66. The van der Waals surface area contributed by atoms with E-state index in [0.717, 1.165) is 0 Å². The van der Waals surface area contributed by atoms with Crippen molar-refractivity contribution >= 4 is 6.29 Å². The van der Waals surface area contributed by atoms with Crippen molar-refractivity contribution in [3.8, 4) is 17.7 Å². The van der Waals surface area contributed by atoms with Gasteiger partial charge in [-0.1, -0.05) is 5.92 Å². The molecule has 0 aliphatic carbocycles. The van der Waals surface area contributed by atoms with Crippen LogP contribution >= 0.6 is 0 Å². The number of halogens is 3. The van der Waals surface area contributed by atoms with E-state index in [4.69, 9.17) is 0 Å². The molecule has 0 bridgehead atoms. The molecule has 16 heavy (non-hydrogen) atoms. The number of nitrogens with zero attached hydrogens (tertiary/aromatic N) is 1. The summed E-state index contributed by atoms with van der Waals surface area (Å²) in [5.74, 6) is 4.44. The maximum atomic E-state index is 11.8. The van der Waals surface area contributed by atoms with E-state index in [-0.39, 0.29) is 5.88 Å². The molecule has 0 aliphatic heterocycles. The van der Waals surface area contributed by atoms with Crippen molar-refractivity contribution in [1.29, 1.82) is 0 Å². The molecule has 0 aromatic carbocycles. The van der Waals surface area contributed by atoms with Crippen molar-refractivity contribution in [2.45, 2.75) is 6.18 Å². The van der Waals surface area contributed by atoms with Crippen molar-refractivity contribution in [3.63, 3.8) is 0 Å². The number of rotatable bonds is 2. The predicted molar refractivity (Wildman–Crippen MR) is 48.7 cm³/mol. The molecule has 0 radical (unpaired) electrons. The van der Waals surface area contributed by atoms with Gasteiger partial charge in [0.15, 0.2) is 12.9 Å². The number of aromatic nitrogens is 1. The Kier molecular flexibility index (Phi) is 3.89. The fourth-order valence-electron chi connectivity index (χ4n) is 0.808. The Hall–Kier alpha value is -2.03. The maximum absolute atomic E-state index is 11.8. The van der Waals surface area contributed by atoms with E-state index in [2.05, 4.69) is 21.6 Å². The van der Waals surface area contributed by atoms with Crippen LogP contribution in [0.25, 0.3) is 0 Å². The van der Waals surface area contributed by atoms with Crippen molar-refractivity contribution in [3.05, 3.63) is 23.9 Å². The fourth-order valence-corrected chi connectivity index (χ4v) is 0.808. The third-order valence-electron chi connectivity index (χ3n) is 1.40. The van der Waals surface area contributed by atoms with Crippen LogP contribution in [-0.2, 0) is 4.79 Å². The van der Waals surface area contributed by atoms with Gasteiger partial charge in [-0.2, -0.15) is 13.2 Å². The second-order valence-corrected chi connectivity index (χ2v) is 2.68. The molecular weight excluding hydrogens is 223 g/mol. The first-order chi connectivity index (χ1) is 7.51. The molecule has 6 heteroatoms. The van der Waals surface area contributed by atoms with Crippen LogP contribution in [0.3, 0.4) is 0 Å². The van der Waals surface area contributed by atoms with E-state index in [1.165, 1.54) is 18.3 Å². The van der Waals surface area contributed by atoms with Crippen LogP contribution in [-0.4, -0.2) is 24.1 Å². The molecule has 0 N–H and O–H groups in total. The minimum Gasteiger partial charge on any atom is -0.468 e. The fraction of sp³-hybridized carbons (Fsp3) is 0.200. The number of hydrogen-bond donors (Lipinski definition) is 0. The summed E-state index contributed by atoms with van der Waals surface area (Å²) in [7, 11) is 0. The van der Waals surface area contributed by atoms with E-state index in [0.29, 0.717) is 11.8 Å². The highest BCUT2D eigenvalue weighted by molar-refractivity contribution is 5.73. The minimum atomic E-state index is -4.39. The van der Waals surface area contributed by atoms with Gasteiger partial charge in [0.2, 0.25) is 5.88 Å². The monoisotopic (exact) mass is 229 g/mol. The highest BCUT2D eigenvalue weighted by Gasteiger charge is 2.28. The Morgan fingerprint density at radius 3 is 2.69 bits per heavy atom. The highest BCUT2D eigenvalue weighted by atomic mass is 19.4. The molecule has 84 valence electrons. The second kappa shape index (κ2) is 5.16. The predicted octanol–water partition coefficient (Wildman–Crippen LogP) is 1.57. The molecule has 0 unspecified atom stereocenters. The van der Waals surface area contributed by atoms with Crippen LogP contribution in [0.5, 0.6) is 5.88 Å². The van der Waals surface area contributed by atoms with Crippen molar-refractivity contribution < 1.29 is 22.7 Å². The van der Waals surface area contributed by atoms with Gasteiger partial charge in [-0.3, -0.25) is 4.79 Å². The second-order valence-electron chi connectivity index (χ2n) is 2.68. The van der Waals surface area contributed by atoms with Gasteiger partial charge < -0.3 is 4.74 Å². The largest absolute Gasteiger partial charge is 0.468 e. The summed E-state index contributed by atoms with van der Waals surface area (Å²) in [5.41, 5.74) is 0.423. The van der Waals surface area contributed by atoms with Crippen molar-refractivity contribution in [1.82, 2.24) is 4.98 Å². The zero-order chi connectivity index (χ0) is 12.0. The van der Waals surface area contributed by atoms with Crippen molar-refractivity contribution in [2.75, 3.05) is 6.61 Å². The van der Waals surface area contributed by atoms with Crippen LogP contribution in [0.15, 0.2) is 18.3 Å². The summed E-state index contributed by atoms with van der Waals surface area (Å²) in [6.45, 7) is -1.39. The van der Waals surface area contributed by atoms with Crippen LogP contribution in [0.4, 0.5) is 13.2 Å². The first-order valence-electron chi connectivity index (χ1n) is 4.12. The standard InChI is InChI=1S/C10H6F3NO2/c11-10(12,13)7-16-9-4-3-8(6-14-9)2-1-5-15/h3-6H,7H2. The first kappa shape index (κ1) is 12.0. The molecule has 0 spiro atoms. The van der Waals surface area contributed by atoms with Gasteiger partial charge in [0, 0.05) is 17.8 Å². The van der Waals surface area contributed by atoms with Gasteiger partial charge in [-0.05, 0) is 12.0 Å². The van der Waals surface area contributed by atoms with Gasteiger partial charge in [0.1, 0.15) is 0 Å². The van der Waals surface area contributed by atoms with Crippen LogP contribution in [0, 0.1) is 11.8 Å². The van der Waals surface area contributed by atoms with E-state index < -0.39 is 12.8 Å². The Bertz CT molecular complexity index is 414. The molecule has 0 fully saturated rings. The smallest absolute Gasteiger partial charge is 0.422 e. The molecule has 0 saturated carbocycles. The van der Waals surface area contributed by atoms with Gasteiger partial charge in [-0.25, -0.2) is 4.98 Å². The number of alkyl halides is 3. The third kappa shape index (κ3) is 4.46. The zero-order valence-corrected chi connectivity index (χ0v) is 7.91. The lowest BCUT2D eigenvalue weighted by Gasteiger charge is -2.07. The average molecular weight is 229 g/mol. The molecule has 0 amide bonds. The molecule has 3 nitrogen and oxygen atoms in total. The van der Waals surface area contributed by atoms with E-state index >= 15 is 0 Å². The lowest BCUT2D eigenvalue weighted by Crippen LogP contribution is -2.19. The molecule has 0 aliphatic rings. The summed E-state index contributed by atoms with van der Waals surface area (Å²) < 4.78 is 39.7. The molecule has 1 aromatic rings. The van der Waals surface area contributed by atoms with E-state index in [1.807, 2.05) is 0 Å². The Balaban J connectivity index is 2.61. The van der Waals surface area contributed by atoms with Gasteiger partial charge in [0.25, 0.3) is 0 Å². The Labute approximate surface area is 89.2 Å². The number of hydrogen-bond acceptors (Lipinski definition) is 3. The first-order valence-corrected chi connectivity index (χ1v) is 4.12. The summed E-state index contributed by atoms with van der Waals surface area (Å²) >= 11 is 0. The number of ether oxygens (including phenoxy) is 1. The van der Waals surface area contributed by atoms with Gasteiger partial charge in [0.05, 0.1) is 0 Å². The average Bonchev–Trinajstić information content (AvgIpc) is 2.24. The van der Waals surface area contributed by atoms with Crippen molar-refractivity contribution in [2.24, 2.45) is 0 Å². The lowest BCUT2D eigenvalue weighted by molar-refractivity contribution is -0.154. The summed E-state index contributed by atoms with van der Waals surface area (Å²) in [6.07, 6.45) is -2.76. The Morgan fingerprint density at radius 2 is 2.19 bits per heavy atom. The van der Waals surface area contributed by atoms with Gasteiger partial charge >= 0.3 is 6.18 Å². The van der Waals surface area contributed by atoms with Crippen LogP contribution in [0.1, 0.15) is 5.56 Å². The summed E-state index contributed by atoms with van der Waals surface area (Å²) in [4.78, 5) is 13.5. The van der Waals surface area contributed by atoms with Gasteiger partial charge in [-0.15, -0.1) is 0 Å². The quantitative estimate of drug-likeness (QED) is 0.570. The summed E-state index contributed by atoms with van der Waals surface area (Å²) in [5, 5.41) is 0. The van der Waals surface area contributed by atoms with E-state index in [1.54, 1.807) is 0 Å². The Morgan fingerprint density at radius 1 is 1.44 bits per heavy atom. The zero-order valence-electron chi connectivity index (χ0n) is 7.91. The lowest BCUT2D eigenvalue weighted by atomic mass is 10.3. The maximum Gasteiger partial charge on any atom is 0.422 e. The molecular formula is C10H6F3NO2. The van der Waals surface area contributed by atoms with E-state index in [9.17, 15) is 18.0 Å². The van der Waals surface area contributed by atoms with Crippen LogP contribution in [0.2, 0.25) is 0 Å². The molecule has 0 atom stereocenters. The molecule has 1 aromatic heterocycles. The molecule has 0 saturated heterocycles. The normalized spacial score (nSPS) is 10.2. The molecule has 1 heterocycles. The third-order valence-corrected chi connectivity index (χ3v) is 1.40. The number of carbonyl (C=O) groups excluding carboxylic acids is 1. The highest BCUT2D eigenvalue weighted by Crippen LogP contribution is 2.16. The number of carbonyl (C=O) groups is 1. The SMILES string of the molecule is O=CC#Cc1ccc(OCC(F)(F)F)nc1. The number of aldehydes is 1.